The summed E-state index contributed by atoms with van der Waals surface area (Å²) in [6.07, 6.45) is 8.80. The van der Waals surface area contributed by atoms with Gasteiger partial charge in [-0.25, -0.2) is 0 Å². The summed E-state index contributed by atoms with van der Waals surface area (Å²) < 4.78 is 10.5. The zero-order valence-electron chi connectivity index (χ0n) is 20.1. The molecule has 0 spiro atoms. The molecule has 0 radical (unpaired) electrons. The highest BCUT2D eigenvalue weighted by molar-refractivity contribution is 5.83. The fraction of sp³-hybridized carbons (Fsp3) is 0.640. The maximum atomic E-state index is 12.4. The molecular weight excluding hydrogens is 378 g/mol. The summed E-state index contributed by atoms with van der Waals surface area (Å²) in [5, 5.41) is 13.6. The first-order valence-electron chi connectivity index (χ1n) is 11.0. The van der Waals surface area contributed by atoms with E-state index in [9.17, 15) is 9.90 Å². The van der Waals surface area contributed by atoms with Crippen LogP contribution in [0.15, 0.2) is 47.5 Å². The molecule has 0 heterocycles. The molecule has 0 aliphatic heterocycles. The Morgan fingerprint density at radius 1 is 1.33 bits per heavy atom. The van der Waals surface area contributed by atoms with Crippen molar-refractivity contribution >= 4 is 5.78 Å². The first-order valence-corrected chi connectivity index (χ1v) is 11.0. The van der Waals surface area contributed by atoms with E-state index < -0.39 is 0 Å². The van der Waals surface area contributed by atoms with Crippen LogP contribution in [0.3, 0.4) is 0 Å². The van der Waals surface area contributed by atoms with Gasteiger partial charge in [0.1, 0.15) is 5.78 Å². The van der Waals surface area contributed by atoms with Gasteiger partial charge in [0, 0.05) is 31.6 Å². The van der Waals surface area contributed by atoms with Crippen LogP contribution in [0.1, 0.15) is 53.4 Å². The van der Waals surface area contributed by atoms with Crippen molar-refractivity contribution in [3.8, 4) is 0 Å². The molecule has 30 heavy (non-hydrogen) atoms. The molecule has 0 bridgehead atoms. The van der Waals surface area contributed by atoms with Gasteiger partial charge in [0.25, 0.3) is 0 Å². The van der Waals surface area contributed by atoms with E-state index in [1.165, 1.54) is 5.57 Å². The standard InChI is InChI=1S/C19H28O4.C4H9N.C2H6/c1-5-6-17(23-4)19(21)18-12(2)7-8-13-9-14(11-22-3)16(20)10-15(13)18;1-3-4-5-2;1-2/h5-6,13-15,21H,7-11H2,1-4H3;3,5H,1,4H2,2H3;1-2H3/b6-5-,19-17-;;. The highest BCUT2D eigenvalue weighted by Gasteiger charge is 2.41. The predicted octanol–water partition coefficient (Wildman–Crippen LogP) is 5.36. The first kappa shape index (κ1) is 28.1. The monoisotopic (exact) mass is 421 g/mol. The Hall–Kier alpha value is -1.85. The van der Waals surface area contributed by atoms with Gasteiger partial charge >= 0.3 is 0 Å². The highest BCUT2D eigenvalue weighted by atomic mass is 16.5. The number of aliphatic hydroxyl groups excluding tert-OH is 1. The highest BCUT2D eigenvalue weighted by Crippen LogP contribution is 2.46. The van der Waals surface area contributed by atoms with E-state index in [1.54, 1.807) is 20.3 Å². The van der Waals surface area contributed by atoms with Crippen LogP contribution in [-0.2, 0) is 14.3 Å². The Kier molecular flexibility index (Phi) is 14.9. The summed E-state index contributed by atoms with van der Waals surface area (Å²) >= 11 is 0. The molecule has 0 amide bonds. The molecule has 1 saturated carbocycles. The van der Waals surface area contributed by atoms with Gasteiger partial charge < -0.3 is 19.9 Å². The lowest BCUT2D eigenvalue weighted by molar-refractivity contribution is -0.129. The molecular formula is C25H43NO4. The molecule has 3 unspecified atom stereocenters. The average Bonchev–Trinajstić information content (AvgIpc) is 2.75. The van der Waals surface area contributed by atoms with E-state index in [0.717, 1.165) is 31.4 Å². The number of carbonyl (C=O) groups is 1. The van der Waals surface area contributed by atoms with Crippen molar-refractivity contribution in [2.75, 3.05) is 34.4 Å². The molecule has 3 atom stereocenters. The third-order valence-electron chi connectivity index (χ3n) is 5.50. The topological polar surface area (TPSA) is 67.8 Å². The van der Waals surface area contributed by atoms with E-state index in [-0.39, 0.29) is 23.4 Å². The zero-order valence-corrected chi connectivity index (χ0v) is 20.1. The molecule has 0 aromatic heterocycles. The Morgan fingerprint density at radius 3 is 2.47 bits per heavy atom. The van der Waals surface area contributed by atoms with Crippen LogP contribution < -0.4 is 5.32 Å². The fourth-order valence-corrected chi connectivity index (χ4v) is 4.13. The lowest BCUT2D eigenvalue weighted by Gasteiger charge is -2.40. The van der Waals surface area contributed by atoms with Crippen LogP contribution in [0, 0.1) is 17.8 Å². The van der Waals surface area contributed by atoms with Gasteiger partial charge in [-0.3, -0.25) is 4.79 Å². The number of Topliss-reactive ketones (excluding diaryl/α,β-unsaturated/α-hetero) is 1. The number of fused-ring (bicyclic) bond motifs is 1. The van der Waals surface area contributed by atoms with Gasteiger partial charge in [-0.2, -0.15) is 0 Å². The summed E-state index contributed by atoms with van der Waals surface area (Å²) in [5.41, 5.74) is 2.08. The number of likely N-dealkylation sites (N-methyl/N-ethyl adjacent to an activating group) is 1. The molecule has 5 nitrogen and oxygen atoms in total. The van der Waals surface area contributed by atoms with Crippen LogP contribution in [0.2, 0.25) is 0 Å². The number of rotatable bonds is 7. The Morgan fingerprint density at radius 2 is 2.00 bits per heavy atom. The van der Waals surface area contributed by atoms with Gasteiger partial charge in [0.15, 0.2) is 11.5 Å². The normalized spacial score (nSPS) is 24.1. The minimum atomic E-state index is 0.00413. The predicted molar refractivity (Wildman–Crippen MR) is 125 cm³/mol. The van der Waals surface area contributed by atoms with Crippen molar-refractivity contribution in [2.24, 2.45) is 17.8 Å². The molecule has 2 N–H and O–H groups in total. The van der Waals surface area contributed by atoms with Gasteiger partial charge in [-0.1, -0.05) is 31.6 Å². The number of hydrogen-bond acceptors (Lipinski definition) is 5. The van der Waals surface area contributed by atoms with Crippen LogP contribution in [0.4, 0.5) is 0 Å². The van der Waals surface area contributed by atoms with Gasteiger partial charge in [-0.15, -0.1) is 6.58 Å². The van der Waals surface area contributed by atoms with E-state index >= 15 is 0 Å². The zero-order chi connectivity index (χ0) is 23.1. The third-order valence-corrected chi connectivity index (χ3v) is 5.50. The molecule has 0 aromatic carbocycles. The Balaban J connectivity index is 0.00000105. The van der Waals surface area contributed by atoms with E-state index in [1.807, 2.05) is 40.0 Å². The number of nitrogens with one attached hydrogen (secondary N) is 1. The number of allylic oxidation sites excluding steroid dienone is 4. The van der Waals surface area contributed by atoms with E-state index in [0.29, 0.717) is 24.7 Å². The van der Waals surface area contributed by atoms with Crippen molar-refractivity contribution < 1.29 is 19.4 Å². The second kappa shape index (κ2) is 15.9. The maximum Gasteiger partial charge on any atom is 0.161 e. The van der Waals surface area contributed by atoms with Crippen LogP contribution in [0.5, 0.6) is 0 Å². The number of carbonyl (C=O) groups excluding carboxylic acids is 1. The van der Waals surface area contributed by atoms with E-state index in [4.69, 9.17) is 9.47 Å². The van der Waals surface area contributed by atoms with Crippen LogP contribution in [-0.4, -0.2) is 45.3 Å². The van der Waals surface area contributed by atoms with Gasteiger partial charge in [0.05, 0.1) is 13.7 Å². The summed E-state index contributed by atoms with van der Waals surface area (Å²) in [7, 11) is 5.09. The molecule has 2 rings (SSSR count). The number of ketones is 1. The molecule has 2 aliphatic carbocycles. The lowest BCUT2D eigenvalue weighted by atomic mass is 9.64. The van der Waals surface area contributed by atoms with Crippen LogP contribution in [0.25, 0.3) is 0 Å². The van der Waals surface area contributed by atoms with Crippen molar-refractivity contribution in [1.82, 2.24) is 5.32 Å². The molecule has 0 aromatic rings. The second-order valence-corrected chi connectivity index (χ2v) is 7.42. The minimum absolute atomic E-state index is 0.00413. The average molecular weight is 422 g/mol. The molecule has 172 valence electrons. The quantitative estimate of drug-likeness (QED) is 0.329. The minimum Gasteiger partial charge on any atom is -0.504 e. The summed E-state index contributed by atoms with van der Waals surface area (Å²) in [4.78, 5) is 12.4. The lowest BCUT2D eigenvalue weighted by Crippen LogP contribution is -2.37. The summed E-state index contributed by atoms with van der Waals surface area (Å²) in [6.45, 7) is 12.8. The maximum absolute atomic E-state index is 12.4. The summed E-state index contributed by atoms with van der Waals surface area (Å²) in [5.74, 6) is 1.43. The number of ether oxygens (including phenoxy) is 2. The largest absolute Gasteiger partial charge is 0.504 e. The van der Waals surface area contributed by atoms with Crippen molar-refractivity contribution in [3.63, 3.8) is 0 Å². The van der Waals surface area contributed by atoms with Gasteiger partial charge in [-0.05, 0) is 58.1 Å². The van der Waals surface area contributed by atoms with E-state index in [2.05, 4.69) is 18.8 Å². The van der Waals surface area contributed by atoms with Crippen molar-refractivity contribution in [3.05, 3.63) is 47.5 Å². The molecule has 2 aliphatic rings. The van der Waals surface area contributed by atoms with Gasteiger partial charge in [0.2, 0.25) is 0 Å². The molecule has 0 saturated heterocycles. The molecule has 5 heteroatoms. The van der Waals surface area contributed by atoms with Crippen molar-refractivity contribution in [2.45, 2.75) is 53.4 Å². The smallest absolute Gasteiger partial charge is 0.161 e. The van der Waals surface area contributed by atoms with Crippen LogP contribution >= 0.6 is 0 Å². The Bertz CT molecular complexity index is 619. The number of methoxy groups -OCH3 is 2. The summed E-state index contributed by atoms with van der Waals surface area (Å²) in [6, 6.07) is 0. The second-order valence-electron chi connectivity index (χ2n) is 7.42. The van der Waals surface area contributed by atoms with Crippen molar-refractivity contribution in [1.29, 1.82) is 0 Å². The number of hydrogen-bond donors (Lipinski definition) is 2. The first-order chi connectivity index (χ1) is 14.4. The SMILES string of the molecule is C/C=C\C(OC)=C(\O)C1=C(C)CCC2CC(COC)C(=O)CC12.C=CCNC.CC. The third kappa shape index (κ3) is 8.11. The fourth-order valence-electron chi connectivity index (χ4n) is 4.13. The molecule has 1 fully saturated rings. The Labute approximate surface area is 183 Å². The number of aliphatic hydroxyl groups is 1.